The van der Waals surface area contributed by atoms with Gasteiger partial charge in [-0.15, -0.1) is 12.0 Å². The van der Waals surface area contributed by atoms with Gasteiger partial charge in [0.05, 0.1) is 0 Å². The van der Waals surface area contributed by atoms with Crippen LogP contribution in [0.15, 0.2) is 36.7 Å². The Kier molecular flexibility index (Phi) is 30.7. The molecule has 0 saturated heterocycles. The van der Waals surface area contributed by atoms with Crippen molar-refractivity contribution in [1.29, 1.82) is 0 Å². The van der Waals surface area contributed by atoms with Crippen LogP contribution < -0.4 is 108 Å². The van der Waals surface area contributed by atoms with E-state index < -0.39 is 8.07 Å². The van der Waals surface area contributed by atoms with E-state index in [0.717, 1.165) is 25.4 Å². The van der Waals surface area contributed by atoms with Crippen molar-refractivity contribution in [2.24, 2.45) is 0 Å². The number of hydrogen-bond donors (Lipinski definition) is 1. The van der Waals surface area contributed by atoms with Gasteiger partial charge in [-0.05, 0) is 24.3 Å². The van der Waals surface area contributed by atoms with Crippen molar-refractivity contribution in [3.05, 3.63) is 59.2 Å². The number of terminal acetylenes is 1. The second-order valence-corrected chi connectivity index (χ2v) is 10.8. The molecule has 0 aliphatic rings. The van der Waals surface area contributed by atoms with E-state index in [4.69, 9.17) is 21.6 Å². The summed E-state index contributed by atoms with van der Waals surface area (Å²) in [4.78, 5) is 39.6. The first kappa shape index (κ1) is 38.9. The van der Waals surface area contributed by atoms with Gasteiger partial charge < -0.3 is 16.7 Å². The van der Waals surface area contributed by atoms with Crippen LogP contribution >= 0.6 is 0 Å². The summed E-state index contributed by atoms with van der Waals surface area (Å²) in [7, 11) is -0.333. The Morgan fingerprint density at radius 2 is 1.38 bits per heavy atom. The van der Waals surface area contributed by atoms with E-state index in [9.17, 15) is 9.59 Å². The number of aliphatic hydroxyl groups excluding tert-OH is 1. The third-order valence-corrected chi connectivity index (χ3v) is 3.47. The Balaban J connectivity index is -0.000000122. The van der Waals surface area contributed by atoms with Gasteiger partial charge in [-0.1, -0.05) is 31.5 Å². The number of nitrogens with zero attached hydrogens (tertiary/aromatic N) is 2. The molecule has 2 heterocycles. The Bertz CT molecular complexity index is 875. The molecule has 0 aliphatic heterocycles. The summed E-state index contributed by atoms with van der Waals surface area (Å²) >= 11 is 0. The summed E-state index contributed by atoms with van der Waals surface area (Å²) in [6.07, 6.45) is 9.54. The molecule has 1 N–H and O–H groups in total. The van der Waals surface area contributed by atoms with Crippen LogP contribution in [0.3, 0.4) is 0 Å². The fourth-order valence-corrected chi connectivity index (χ4v) is 1.86. The van der Waals surface area contributed by atoms with Gasteiger partial charge in [0.15, 0.2) is 12.6 Å². The third kappa shape index (κ3) is 22.8. The molecule has 0 unspecified atom stereocenters. The van der Waals surface area contributed by atoms with Gasteiger partial charge in [0.2, 0.25) is 0 Å². The van der Waals surface area contributed by atoms with Gasteiger partial charge in [-0.25, -0.2) is 9.97 Å². The molecule has 0 aliphatic carbocycles. The molecule has 8 nitrogen and oxygen atoms in total. The van der Waals surface area contributed by atoms with Crippen LogP contribution in [0, 0.1) is 23.8 Å². The molecule has 32 heavy (non-hydrogen) atoms. The minimum absolute atomic E-state index is 0. The Morgan fingerprint density at radius 1 is 0.969 bits per heavy atom. The molecule has 2 aromatic heterocycles. The van der Waals surface area contributed by atoms with Crippen LogP contribution in [0.5, 0.6) is 0 Å². The quantitative estimate of drug-likeness (QED) is 0.144. The molecule has 11 heteroatoms. The Morgan fingerprint density at radius 3 is 1.62 bits per heavy atom. The van der Waals surface area contributed by atoms with Crippen molar-refractivity contribution in [3.63, 3.8) is 0 Å². The summed E-state index contributed by atoms with van der Waals surface area (Å²) in [6, 6.07) is 6.77. The largest absolute Gasteiger partial charge is 1.00 e. The van der Waals surface area contributed by atoms with E-state index in [1.54, 1.807) is 30.5 Å². The molecule has 2 aromatic rings. The van der Waals surface area contributed by atoms with Gasteiger partial charge in [0.1, 0.15) is 19.5 Å². The van der Waals surface area contributed by atoms with Gasteiger partial charge in [-0.2, -0.15) is 0 Å². The zero-order valence-electron chi connectivity index (χ0n) is 20.2. The van der Waals surface area contributed by atoms with E-state index in [1.807, 2.05) is 0 Å². The first-order valence-corrected chi connectivity index (χ1v) is 11.8. The third-order valence-electron chi connectivity index (χ3n) is 2.60. The molecule has 0 amide bonds. The summed E-state index contributed by atoms with van der Waals surface area (Å²) in [5.41, 5.74) is 5.62. The maximum atomic E-state index is 10.4. The molecule has 2 rings (SSSR count). The summed E-state index contributed by atoms with van der Waals surface area (Å²) in [5, 5.41) is 15.4. The minimum atomic E-state index is -1.33. The van der Waals surface area contributed by atoms with Crippen molar-refractivity contribution in [2.75, 3.05) is 7.11 Å². The Hall–Kier alpha value is -0.360. The minimum Gasteiger partial charge on any atom is -1.00 e. The monoisotopic (exact) mass is 506 g/mol. The average Bonchev–Trinajstić information content (AvgIpc) is 2.79. The first-order valence-electron chi connectivity index (χ1n) is 8.29. The summed E-state index contributed by atoms with van der Waals surface area (Å²) in [6.45, 7) is 6.36. The SMILES string of the molecule is C#Cc1ccc(C=O)cn1.CO.C[Si](C)(C)C#Cc1ccc(C=O)cn1.O=CO[O-].[H-].[K+].[K+]. The molecule has 0 bridgehead atoms. The van der Waals surface area contributed by atoms with Crippen LogP contribution in [-0.4, -0.2) is 49.3 Å². The fraction of sp³-hybridized carbons (Fsp3) is 0.190. The van der Waals surface area contributed by atoms with Crippen LogP contribution in [0.4, 0.5) is 0 Å². The van der Waals surface area contributed by atoms with E-state index in [2.05, 4.69) is 51.9 Å². The van der Waals surface area contributed by atoms with E-state index in [-0.39, 0.29) is 111 Å². The molecule has 0 aromatic carbocycles. The molecule has 0 atom stereocenters. The molecule has 0 spiro atoms. The summed E-state index contributed by atoms with van der Waals surface area (Å²) in [5.74, 6) is 5.37. The zero-order valence-corrected chi connectivity index (χ0v) is 26.4. The van der Waals surface area contributed by atoms with Gasteiger partial charge in [-0.3, -0.25) is 14.4 Å². The van der Waals surface area contributed by atoms with Crippen molar-refractivity contribution in [1.82, 2.24) is 9.97 Å². The maximum absolute atomic E-state index is 10.4. The van der Waals surface area contributed by atoms with Crippen LogP contribution in [-0.2, 0) is 9.68 Å². The number of aldehydes is 2. The number of hydrogen-bond acceptors (Lipinski definition) is 8. The zero-order chi connectivity index (χ0) is 23.4. The van der Waals surface area contributed by atoms with Crippen molar-refractivity contribution >= 4 is 27.1 Å². The van der Waals surface area contributed by atoms with Crippen molar-refractivity contribution in [2.45, 2.75) is 19.6 Å². The maximum Gasteiger partial charge on any atom is 1.00 e. The van der Waals surface area contributed by atoms with Crippen molar-refractivity contribution < 1.29 is 134 Å². The number of carbonyl (C=O) groups excluding carboxylic acids is 3. The predicted octanol–water partition coefficient (Wildman–Crippen LogP) is -4.84. The number of aromatic nitrogens is 2. The van der Waals surface area contributed by atoms with E-state index >= 15 is 0 Å². The predicted molar refractivity (Wildman–Crippen MR) is 114 cm³/mol. The standard InChI is InChI=1S/C11H13NOSi.C8H5NO.CH2O3.CH4O.2K.H/c1-14(2,3)7-6-11-5-4-10(9-13)8-12-11;1-2-8-4-3-7(6-10)5-9-8;2-1-4-3;1-2;;;/h4-5,8-9H,1-3H3;1,3-6H;1,3H;2H,1H3;;;/q;;;;2*+1;-1/p-1. The van der Waals surface area contributed by atoms with Crippen molar-refractivity contribution in [3.8, 4) is 23.8 Å². The smallest absolute Gasteiger partial charge is 1.00 e. The van der Waals surface area contributed by atoms with Gasteiger partial charge in [0.25, 0.3) is 6.47 Å². The second kappa shape index (κ2) is 25.3. The van der Waals surface area contributed by atoms with Crippen LogP contribution in [0.25, 0.3) is 0 Å². The molecular weight excluding hydrogens is 483 g/mol. The number of rotatable bonds is 3. The summed E-state index contributed by atoms with van der Waals surface area (Å²) < 4.78 is 0. The van der Waals surface area contributed by atoms with E-state index in [0.29, 0.717) is 16.8 Å². The van der Waals surface area contributed by atoms with Crippen LogP contribution in [0.2, 0.25) is 19.6 Å². The molecular formula is C21H24K2N2O6Si. The van der Waals surface area contributed by atoms with E-state index in [1.165, 1.54) is 6.20 Å². The van der Waals surface area contributed by atoms with Crippen LogP contribution in [0.1, 0.15) is 33.5 Å². The first-order chi connectivity index (χ1) is 14.3. The van der Waals surface area contributed by atoms with Gasteiger partial charge in [0, 0.05) is 30.6 Å². The number of pyridine rings is 2. The topological polar surface area (TPSA) is 130 Å². The average molecular weight is 507 g/mol. The number of aliphatic hydroxyl groups is 1. The Labute approximate surface area is 276 Å². The fourth-order valence-electron chi connectivity index (χ4n) is 1.36. The second-order valence-electron chi connectivity index (χ2n) is 6.03. The molecule has 0 saturated carbocycles. The number of carbonyl (C=O) groups is 3. The van der Waals surface area contributed by atoms with Gasteiger partial charge >= 0.3 is 103 Å². The molecule has 160 valence electrons. The molecule has 0 radical (unpaired) electrons. The molecule has 0 fully saturated rings. The normalized spacial score (nSPS) is 7.91.